The lowest BCUT2D eigenvalue weighted by atomic mass is 9.85. The Morgan fingerprint density at radius 1 is 0.737 bits per heavy atom. The average molecular weight is 1330 g/mol. The molecule has 14 atom stereocenters. The molecule has 1 saturated heterocycles. The molecule has 2 aromatic rings. The van der Waals surface area contributed by atoms with Crippen molar-refractivity contribution in [2.24, 2.45) is 41.2 Å². The molecular formula is C70H112N10O15. The predicted octanol–water partition coefficient (Wildman–Crippen LogP) is 4.79. The Hall–Kier alpha value is -6.87. The molecule has 532 valence electrons. The van der Waals surface area contributed by atoms with Gasteiger partial charge in [0, 0.05) is 72.8 Å². The molecule has 0 saturated carbocycles. The number of nitrogens with zero attached hydrogens (tertiary/aromatic N) is 4. The van der Waals surface area contributed by atoms with E-state index in [0.29, 0.717) is 69.2 Å². The lowest BCUT2D eigenvalue weighted by Gasteiger charge is -2.41. The van der Waals surface area contributed by atoms with Gasteiger partial charge in [-0.25, -0.2) is 4.79 Å². The van der Waals surface area contributed by atoms with E-state index in [0.717, 1.165) is 5.56 Å². The highest BCUT2D eigenvalue weighted by atomic mass is 16.6. The molecule has 2 aromatic carbocycles. The van der Waals surface area contributed by atoms with Gasteiger partial charge in [-0.1, -0.05) is 137 Å². The van der Waals surface area contributed by atoms with Gasteiger partial charge in [0.15, 0.2) is 6.35 Å². The van der Waals surface area contributed by atoms with Crippen LogP contribution >= 0.6 is 0 Å². The number of aliphatic hydroxyl groups is 3. The summed E-state index contributed by atoms with van der Waals surface area (Å²) in [6, 6.07) is 11.1. The monoisotopic (exact) mass is 1330 g/mol. The third-order valence-corrected chi connectivity index (χ3v) is 18.5. The summed E-state index contributed by atoms with van der Waals surface area (Å²) < 4.78 is 17.8. The molecule has 3 unspecified atom stereocenters. The number of hydrogen-bond donors (Lipinski definition) is 9. The topological polar surface area (TPSA) is 341 Å². The second kappa shape index (κ2) is 40.0. The number of Topliss-reactive ketones (excluding diaryl/α,β-unsaturated/α-hetero) is 1. The number of ether oxygens (including phenoxy) is 3. The average Bonchev–Trinajstić information content (AvgIpc) is 1.84. The highest BCUT2D eigenvalue weighted by Gasteiger charge is 2.44. The van der Waals surface area contributed by atoms with Crippen molar-refractivity contribution >= 4 is 53.2 Å². The molecular weight excluding hydrogens is 1220 g/mol. The predicted molar refractivity (Wildman–Crippen MR) is 359 cm³/mol. The first-order valence-electron chi connectivity index (χ1n) is 33.8. The summed E-state index contributed by atoms with van der Waals surface area (Å²) in [5.74, 6) is -5.16. The van der Waals surface area contributed by atoms with Crippen LogP contribution in [0.1, 0.15) is 163 Å². The van der Waals surface area contributed by atoms with Crippen molar-refractivity contribution in [3.8, 4) is 0 Å². The Balaban J connectivity index is 1.35. The smallest absolute Gasteiger partial charge is 0.410 e. The quantitative estimate of drug-likeness (QED) is 0.0319. The number of methoxy groups -OCH3 is 2. The van der Waals surface area contributed by atoms with E-state index in [2.05, 4.69) is 26.6 Å². The molecule has 2 heterocycles. The second-order valence-electron chi connectivity index (χ2n) is 26.7. The van der Waals surface area contributed by atoms with Crippen LogP contribution in [-0.4, -0.2) is 197 Å². The van der Waals surface area contributed by atoms with Crippen LogP contribution in [0.2, 0.25) is 0 Å². The number of nitrogens with one attached hydrogen (secondary N) is 5. The summed E-state index contributed by atoms with van der Waals surface area (Å²) in [4.78, 5) is 130. The first-order chi connectivity index (χ1) is 45.0. The highest BCUT2D eigenvalue weighted by Crippen LogP contribution is 2.32. The number of carbonyl (C=O) groups excluding carboxylic acids is 9. The molecule has 8 amide bonds. The van der Waals surface area contributed by atoms with Crippen LogP contribution in [-0.2, 0) is 65.7 Å². The maximum Gasteiger partial charge on any atom is 0.410 e. The number of rotatable bonds is 41. The van der Waals surface area contributed by atoms with Crippen LogP contribution in [0.15, 0.2) is 66.7 Å². The summed E-state index contributed by atoms with van der Waals surface area (Å²) in [7, 11) is 6.17. The van der Waals surface area contributed by atoms with Crippen LogP contribution in [0.5, 0.6) is 0 Å². The van der Waals surface area contributed by atoms with E-state index < -0.39 is 115 Å². The maximum absolute atomic E-state index is 14.8. The number of likely N-dealkylation sites (tertiary alicyclic amines) is 1. The fourth-order valence-corrected chi connectivity index (χ4v) is 12.6. The zero-order valence-corrected chi connectivity index (χ0v) is 58.6. The number of aliphatic hydroxyl groups excluding tert-OH is 3. The molecule has 2 aliphatic heterocycles. The number of ketones is 1. The molecule has 25 nitrogen and oxygen atoms in total. The summed E-state index contributed by atoms with van der Waals surface area (Å²) in [6.07, 6.45) is 1.88. The molecule has 10 N–H and O–H groups in total. The van der Waals surface area contributed by atoms with E-state index in [1.165, 1.54) is 36.1 Å². The molecule has 0 aromatic heterocycles. The minimum absolute atomic E-state index is 0.0648. The van der Waals surface area contributed by atoms with E-state index in [-0.39, 0.29) is 86.6 Å². The second-order valence-corrected chi connectivity index (χ2v) is 26.7. The molecule has 0 aliphatic carbocycles. The van der Waals surface area contributed by atoms with Crippen molar-refractivity contribution in [3.63, 3.8) is 0 Å². The highest BCUT2D eigenvalue weighted by molar-refractivity contribution is 5.93. The van der Waals surface area contributed by atoms with Gasteiger partial charge >= 0.3 is 6.09 Å². The normalized spacial score (nSPS) is 18.6. The van der Waals surface area contributed by atoms with Crippen molar-refractivity contribution in [3.05, 3.63) is 83.4 Å². The molecule has 1 fully saturated rings. The Kier molecular flexibility index (Phi) is 33.9. The number of unbranched alkanes of at least 4 members (excludes halogenated alkanes) is 2. The third kappa shape index (κ3) is 24.3. The summed E-state index contributed by atoms with van der Waals surface area (Å²) >= 11 is 0. The molecule has 0 spiro atoms. The number of hydrogen-bond acceptors (Lipinski definition) is 17. The van der Waals surface area contributed by atoms with Gasteiger partial charge in [0.25, 0.3) is 0 Å². The largest absolute Gasteiger partial charge is 0.445 e. The Labute approximate surface area is 562 Å². The van der Waals surface area contributed by atoms with Gasteiger partial charge in [0.2, 0.25) is 41.4 Å². The molecule has 0 radical (unpaired) electrons. The van der Waals surface area contributed by atoms with E-state index in [4.69, 9.17) is 19.9 Å². The minimum atomic E-state index is -1.28. The fourth-order valence-electron chi connectivity index (χ4n) is 12.6. The van der Waals surface area contributed by atoms with Crippen molar-refractivity contribution in [2.45, 2.75) is 220 Å². The van der Waals surface area contributed by atoms with Crippen LogP contribution in [0.3, 0.4) is 0 Å². The van der Waals surface area contributed by atoms with Crippen LogP contribution in [0.4, 0.5) is 4.79 Å². The van der Waals surface area contributed by atoms with Crippen LogP contribution in [0.25, 0.3) is 0 Å². The Bertz CT molecular complexity index is 2810. The number of likely N-dealkylation sites (N-methyl/N-ethyl adjacent to an activating group) is 2. The Morgan fingerprint density at radius 3 is 1.97 bits per heavy atom. The number of amides is 8. The van der Waals surface area contributed by atoms with Crippen molar-refractivity contribution < 1.29 is 72.7 Å². The lowest BCUT2D eigenvalue weighted by molar-refractivity contribution is -0.148. The van der Waals surface area contributed by atoms with Gasteiger partial charge < -0.3 is 65.5 Å². The maximum atomic E-state index is 14.8. The number of carbonyl (C=O) groups is 9. The molecule has 0 bridgehead atoms. The van der Waals surface area contributed by atoms with Crippen LogP contribution < -0.4 is 32.3 Å². The molecule has 4 rings (SSSR count). The van der Waals surface area contributed by atoms with Crippen molar-refractivity contribution in [1.29, 1.82) is 0 Å². The van der Waals surface area contributed by atoms with E-state index >= 15 is 0 Å². The summed E-state index contributed by atoms with van der Waals surface area (Å²) in [5, 5.41) is 44.6. The first-order valence-corrected chi connectivity index (χ1v) is 33.8. The van der Waals surface area contributed by atoms with Crippen molar-refractivity contribution in [2.75, 3.05) is 47.9 Å². The van der Waals surface area contributed by atoms with Crippen LogP contribution in [0, 0.1) is 35.5 Å². The SMILES string of the molecule is CC[C@H](C)[C@@H]([C@@H](CC(=O)N1CCC[C@H]1C(OC)[C@@H](C)C(=O)C[C@H](C)[C@@H](O)c1ccccc1)OC)N(C)C(=O)[C@@H](NC(=O)[C@H](C(C)C)N(C)C(=O)OCc1ccc(CNC(=O)[C@H](CCCNC(N)O)NC(=O)[C@@H](NC(=O)CCCCCN2C(=O)C=CC2O)C(C)C)cc1)C(C)C. The zero-order valence-electron chi connectivity index (χ0n) is 58.6. The summed E-state index contributed by atoms with van der Waals surface area (Å²) in [5.41, 5.74) is 7.46. The lowest BCUT2D eigenvalue weighted by Crippen LogP contribution is -2.60. The van der Waals surface area contributed by atoms with Crippen molar-refractivity contribution in [1.82, 2.24) is 46.2 Å². The number of nitrogens with two attached hydrogens (primary N) is 1. The fraction of sp³-hybridized carbons (Fsp3) is 0.671. The number of benzene rings is 2. The van der Waals surface area contributed by atoms with Gasteiger partial charge in [-0.2, -0.15) is 0 Å². The van der Waals surface area contributed by atoms with E-state index in [1.807, 2.05) is 71.9 Å². The molecule has 25 heteroatoms. The van der Waals surface area contributed by atoms with Gasteiger partial charge in [0.05, 0.1) is 36.8 Å². The van der Waals surface area contributed by atoms with Gasteiger partial charge in [-0.3, -0.25) is 54.3 Å². The molecule has 95 heavy (non-hydrogen) atoms. The first kappa shape index (κ1) is 80.6. The van der Waals surface area contributed by atoms with Gasteiger partial charge in [-0.05, 0) is 97.4 Å². The summed E-state index contributed by atoms with van der Waals surface area (Å²) in [6.45, 7) is 19.3. The zero-order chi connectivity index (χ0) is 70.8. The minimum Gasteiger partial charge on any atom is -0.445 e. The van der Waals surface area contributed by atoms with E-state index in [9.17, 15) is 58.5 Å². The third-order valence-electron chi connectivity index (χ3n) is 18.5. The van der Waals surface area contributed by atoms with E-state index in [1.54, 1.807) is 75.9 Å². The Morgan fingerprint density at radius 2 is 1.39 bits per heavy atom. The van der Waals surface area contributed by atoms with Gasteiger partial charge in [0.1, 0.15) is 42.8 Å². The molecule has 2 aliphatic rings. The standard InChI is InChI=1S/C70H112N10O15/c1-15-45(8)62(54(93-13)39-58(85)79-37-23-27-52(79)64(94-14)47(10)53(81)38-46(9)63(86)50-24-18-16-19-25-50)77(11)68(90)60(43(4)5)76-67(89)61(44(6)7)78(12)70(92)95-41-49-31-29-48(30-32-49)40-73-65(87)51(26-22-35-72-69(71)91)74-66(88)59(42(2)3)75-55(82)28-20-17-21-36-80-56(83)33-34-57(80)84/h16,18-19,24-25,29-34,42-47,51-52,54,56,59-64,69,72,83,86,91H,15,17,20-23,26-28,35-41,71H2,1-14H3,(H,73,87)(H,74,88)(H,75,82)(H,76,89)/t45-,46-,47-,51-,52-,54+,56?,59-,60-,61-,62-,63+,64?,69?/m0/s1. The van der Waals surface area contributed by atoms with Gasteiger partial charge in [-0.15, -0.1) is 0 Å².